The highest BCUT2D eigenvalue weighted by molar-refractivity contribution is 9.10. The van der Waals surface area contributed by atoms with E-state index in [1.807, 2.05) is 0 Å². The highest BCUT2D eigenvalue weighted by Gasteiger charge is 2.09. The van der Waals surface area contributed by atoms with Crippen LogP contribution in [0.3, 0.4) is 0 Å². The van der Waals surface area contributed by atoms with Crippen LogP contribution in [0.1, 0.15) is 0 Å². The van der Waals surface area contributed by atoms with E-state index < -0.39 is 9.84 Å². The third-order valence-corrected chi connectivity index (χ3v) is 4.45. The molecule has 2 N–H and O–H groups in total. The van der Waals surface area contributed by atoms with Crippen LogP contribution in [-0.4, -0.2) is 31.7 Å². The summed E-state index contributed by atoms with van der Waals surface area (Å²) in [7, 11) is -1.42. The van der Waals surface area contributed by atoms with Gasteiger partial charge in [-0.05, 0) is 40.2 Å². The molecule has 6 nitrogen and oxygen atoms in total. The molecular weight excluding hydrogens is 344 g/mol. The predicted octanol–water partition coefficient (Wildman–Crippen LogP) is 2.43. The van der Waals surface area contributed by atoms with Crippen molar-refractivity contribution in [2.24, 2.45) is 0 Å². The number of nitrogens with zero attached hydrogens (tertiary/aromatic N) is 2. The molecule has 0 radical (unpaired) electrons. The van der Waals surface area contributed by atoms with E-state index in [9.17, 15) is 8.42 Å². The molecule has 1 heterocycles. The van der Waals surface area contributed by atoms with Crippen molar-refractivity contribution in [1.29, 1.82) is 0 Å². The summed E-state index contributed by atoms with van der Waals surface area (Å²) in [5, 5.41) is 6.03. The molecule has 1 aromatic carbocycles. The second kappa shape index (κ2) is 5.76. The minimum absolute atomic E-state index is 0.278. The van der Waals surface area contributed by atoms with Crippen molar-refractivity contribution in [2.75, 3.05) is 23.9 Å². The van der Waals surface area contributed by atoms with E-state index in [2.05, 4.69) is 36.5 Å². The molecular formula is C12H13BrN4O2S. The maximum absolute atomic E-state index is 11.4. The number of hydrogen-bond acceptors (Lipinski definition) is 6. The molecule has 0 bridgehead atoms. The summed E-state index contributed by atoms with van der Waals surface area (Å²) in [5.41, 5.74) is 0.735. The number of hydrogen-bond donors (Lipinski definition) is 2. The first-order valence-corrected chi connectivity index (χ1v) is 8.35. The number of rotatable bonds is 4. The largest absolute Gasteiger partial charge is 0.372 e. The number of anilines is 3. The van der Waals surface area contributed by atoms with Gasteiger partial charge in [-0.2, -0.15) is 0 Å². The third-order valence-electron chi connectivity index (χ3n) is 2.57. The molecule has 0 unspecified atom stereocenters. The van der Waals surface area contributed by atoms with Gasteiger partial charge in [-0.25, -0.2) is 18.4 Å². The van der Waals surface area contributed by atoms with Crippen LogP contribution in [0, 0.1) is 0 Å². The topological polar surface area (TPSA) is 84.0 Å². The maximum atomic E-state index is 11.4. The molecule has 2 aromatic rings. The zero-order valence-electron chi connectivity index (χ0n) is 10.9. The fourth-order valence-corrected chi connectivity index (χ4v) is 2.69. The molecule has 0 amide bonds. The van der Waals surface area contributed by atoms with E-state index in [0.717, 1.165) is 5.69 Å². The summed E-state index contributed by atoms with van der Waals surface area (Å²) in [5.74, 6) is 1.26. The van der Waals surface area contributed by atoms with Crippen LogP contribution in [-0.2, 0) is 9.84 Å². The second-order valence-electron chi connectivity index (χ2n) is 4.06. The average molecular weight is 357 g/mol. The zero-order chi connectivity index (χ0) is 14.8. The van der Waals surface area contributed by atoms with Gasteiger partial charge in [0.1, 0.15) is 22.4 Å². The van der Waals surface area contributed by atoms with Crippen LogP contribution >= 0.6 is 15.9 Å². The maximum Gasteiger partial charge on any atom is 0.175 e. The minimum atomic E-state index is -3.18. The molecule has 0 saturated carbocycles. The zero-order valence-corrected chi connectivity index (χ0v) is 13.3. The Labute approximate surface area is 125 Å². The summed E-state index contributed by atoms with van der Waals surface area (Å²) in [6.07, 6.45) is 2.61. The Morgan fingerprint density at radius 3 is 2.25 bits per heavy atom. The van der Waals surface area contributed by atoms with Crippen LogP contribution in [0.2, 0.25) is 0 Å². The van der Waals surface area contributed by atoms with Gasteiger partial charge in [-0.3, -0.25) is 0 Å². The molecule has 2 rings (SSSR count). The lowest BCUT2D eigenvalue weighted by atomic mass is 10.3. The minimum Gasteiger partial charge on any atom is -0.372 e. The lowest BCUT2D eigenvalue weighted by molar-refractivity contribution is 0.602. The SMILES string of the molecule is CNc1ncnc(Nc2ccc(S(C)(=O)=O)cc2)c1Br. The van der Waals surface area contributed by atoms with Crippen LogP contribution < -0.4 is 10.6 Å². The van der Waals surface area contributed by atoms with E-state index in [1.165, 1.54) is 12.6 Å². The molecule has 0 atom stereocenters. The molecule has 0 fully saturated rings. The Morgan fingerprint density at radius 2 is 1.70 bits per heavy atom. The predicted molar refractivity (Wildman–Crippen MR) is 82.1 cm³/mol. The lowest BCUT2D eigenvalue weighted by Crippen LogP contribution is -2.01. The van der Waals surface area contributed by atoms with E-state index in [-0.39, 0.29) is 4.90 Å². The molecule has 106 valence electrons. The summed E-state index contributed by atoms with van der Waals surface area (Å²) in [4.78, 5) is 8.46. The third kappa shape index (κ3) is 3.26. The Bertz CT molecular complexity index is 717. The fourth-order valence-electron chi connectivity index (χ4n) is 1.55. The first-order chi connectivity index (χ1) is 9.41. The van der Waals surface area contributed by atoms with Crippen molar-refractivity contribution in [3.8, 4) is 0 Å². The smallest absolute Gasteiger partial charge is 0.175 e. The molecule has 0 aliphatic carbocycles. The van der Waals surface area contributed by atoms with Crippen LogP contribution in [0.15, 0.2) is 40.0 Å². The van der Waals surface area contributed by atoms with Gasteiger partial charge in [-0.15, -0.1) is 0 Å². The Hall–Kier alpha value is -1.67. The Kier molecular flexibility index (Phi) is 4.24. The van der Waals surface area contributed by atoms with E-state index in [4.69, 9.17) is 0 Å². The average Bonchev–Trinajstić information content (AvgIpc) is 2.41. The van der Waals surface area contributed by atoms with Crippen LogP contribution in [0.5, 0.6) is 0 Å². The van der Waals surface area contributed by atoms with Gasteiger partial charge in [0.2, 0.25) is 0 Å². The Balaban J connectivity index is 2.27. The number of halogens is 1. The van der Waals surface area contributed by atoms with Gasteiger partial charge in [0, 0.05) is 19.0 Å². The second-order valence-corrected chi connectivity index (χ2v) is 6.87. The van der Waals surface area contributed by atoms with Gasteiger partial charge in [0.05, 0.1) is 4.90 Å². The fraction of sp³-hybridized carbons (Fsp3) is 0.167. The van der Waals surface area contributed by atoms with E-state index in [0.29, 0.717) is 16.1 Å². The van der Waals surface area contributed by atoms with Crippen LogP contribution in [0.25, 0.3) is 0 Å². The highest BCUT2D eigenvalue weighted by atomic mass is 79.9. The quantitative estimate of drug-likeness (QED) is 0.874. The van der Waals surface area contributed by atoms with E-state index in [1.54, 1.807) is 31.3 Å². The van der Waals surface area contributed by atoms with Gasteiger partial charge in [0.25, 0.3) is 0 Å². The van der Waals surface area contributed by atoms with Crippen molar-refractivity contribution in [3.63, 3.8) is 0 Å². The number of benzene rings is 1. The molecule has 8 heteroatoms. The number of nitrogens with one attached hydrogen (secondary N) is 2. The van der Waals surface area contributed by atoms with Crippen molar-refractivity contribution in [2.45, 2.75) is 4.90 Å². The standard InChI is InChI=1S/C12H13BrN4O2S/c1-14-11-10(13)12(16-7-15-11)17-8-3-5-9(6-4-8)20(2,18)19/h3-7H,1-2H3,(H2,14,15,16,17). The lowest BCUT2D eigenvalue weighted by Gasteiger charge is -2.10. The van der Waals surface area contributed by atoms with E-state index >= 15 is 0 Å². The monoisotopic (exact) mass is 356 g/mol. The van der Waals surface area contributed by atoms with Crippen molar-refractivity contribution in [1.82, 2.24) is 9.97 Å². The number of aromatic nitrogens is 2. The van der Waals surface area contributed by atoms with Crippen molar-refractivity contribution in [3.05, 3.63) is 35.1 Å². The molecule has 0 saturated heterocycles. The normalized spacial score (nSPS) is 11.2. The highest BCUT2D eigenvalue weighted by Crippen LogP contribution is 2.28. The molecule has 20 heavy (non-hydrogen) atoms. The van der Waals surface area contributed by atoms with Gasteiger partial charge in [0.15, 0.2) is 9.84 Å². The van der Waals surface area contributed by atoms with Crippen LogP contribution in [0.4, 0.5) is 17.3 Å². The molecule has 0 aliphatic heterocycles. The first kappa shape index (κ1) is 14.7. The van der Waals surface area contributed by atoms with Crippen molar-refractivity contribution < 1.29 is 8.42 Å². The summed E-state index contributed by atoms with van der Waals surface area (Å²) >= 11 is 3.40. The summed E-state index contributed by atoms with van der Waals surface area (Å²) in [6.45, 7) is 0. The summed E-state index contributed by atoms with van der Waals surface area (Å²) < 4.78 is 23.5. The van der Waals surface area contributed by atoms with Crippen molar-refractivity contribution >= 4 is 43.1 Å². The molecule has 1 aromatic heterocycles. The first-order valence-electron chi connectivity index (χ1n) is 5.67. The molecule has 0 spiro atoms. The Morgan fingerprint density at radius 1 is 1.10 bits per heavy atom. The van der Waals surface area contributed by atoms with Gasteiger partial charge < -0.3 is 10.6 Å². The number of sulfone groups is 1. The molecule has 0 aliphatic rings. The van der Waals surface area contributed by atoms with Gasteiger partial charge in [-0.1, -0.05) is 0 Å². The van der Waals surface area contributed by atoms with Gasteiger partial charge >= 0.3 is 0 Å². The summed E-state index contributed by atoms with van der Waals surface area (Å²) in [6, 6.07) is 6.46.